The van der Waals surface area contributed by atoms with Crippen LogP contribution in [0.4, 0.5) is 0 Å². The molecule has 1 heterocycles. The van der Waals surface area contributed by atoms with Crippen LogP contribution < -0.4 is 0 Å². The Hall–Kier alpha value is -0.710. The summed E-state index contributed by atoms with van der Waals surface area (Å²) in [6.07, 6.45) is 1.70. The highest BCUT2D eigenvalue weighted by molar-refractivity contribution is 14.0. The lowest BCUT2D eigenvalue weighted by atomic mass is 10.2. The zero-order valence-corrected chi connectivity index (χ0v) is 8.10. The molecule has 0 amide bonds. The van der Waals surface area contributed by atoms with Crippen LogP contribution in [0.3, 0.4) is 0 Å². The van der Waals surface area contributed by atoms with E-state index in [9.17, 15) is 0 Å². The Morgan fingerprint density at radius 3 is 2.64 bits per heavy atom. The molecule has 2 aromatic rings. The Bertz CT molecular complexity index is 283. The van der Waals surface area contributed by atoms with Gasteiger partial charge in [-0.05, 0) is 12.1 Å². The van der Waals surface area contributed by atoms with Crippen LogP contribution >= 0.6 is 24.0 Å². The lowest BCUT2D eigenvalue weighted by molar-refractivity contribution is 1.08. The standard InChI is InChI=1S/C8H6N2.HI/c1-2-4-8-7(3-1)5-6-9-10-8;/h1-6H;1H. The monoisotopic (exact) mass is 258 g/mol. The van der Waals surface area contributed by atoms with Crippen LogP contribution in [0.2, 0.25) is 0 Å². The van der Waals surface area contributed by atoms with E-state index >= 15 is 0 Å². The van der Waals surface area contributed by atoms with E-state index in [4.69, 9.17) is 0 Å². The predicted octanol–water partition coefficient (Wildman–Crippen LogP) is 2.25. The Morgan fingerprint density at radius 1 is 1.00 bits per heavy atom. The van der Waals surface area contributed by atoms with Crippen molar-refractivity contribution in [3.63, 3.8) is 0 Å². The Labute approximate surface area is 81.7 Å². The number of benzene rings is 1. The van der Waals surface area contributed by atoms with Crippen molar-refractivity contribution in [1.82, 2.24) is 10.2 Å². The number of rotatable bonds is 0. The van der Waals surface area contributed by atoms with Gasteiger partial charge < -0.3 is 0 Å². The number of aromatic nitrogens is 2. The first-order valence-corrected chi connectivity index (χ1v) is 3.13. The summed E-state index contributed by atoms with van der Waals surface area (Å²) < 4.78 is 0. The second-order valence-electron chi connectivity index (χ2n) is 2.09. The van der Waals surface area contributed by atoms with Gasteiger partial charge >= 0.3 is 0 Å². The first kappa shape index (κ1) is 8.39. The number of nitrogens with zero attached hydrogens (tertiary/aromatic N) is 2. The number of hydrogen-bond acceptors (Lipinski definition) is 2. The fourth-order valence-electron chi connectivity index (χ4n) is 0.929. The highest BCUT2D eigenvalue weighted by Crippen LogP contribution is 2.06. The second kappa shape index (κ2) is 3.61. The molecule has 0 saturated heterocycles. The van der Waals surface area contributed by atoms with E-state index in [-0.39, 0.29) is 24.0 Å². The summed E-state index contributed by atoms with van der Waals surface area (Å²) in [4.78, 5) is 0. The molecule has 0 spiro atoms. The summed E-state index contributed by atoms with van der Waals surface area (Å²) in [5.74, 6) is 0. The summed E-state index contributed by atoms with van der Waals surface area (Å²) in [5.41, 5.74) is 0.949. The van der Waals surface area contributed by atoms with E-state index in [0.29, 0.717) is 0 Å². The van der Waals surface area contributed by atoms with Gasteiger partial charge in [0.25, 0.3) is 0 Å². The molecule has 1 aromatic heterocycles. The van der Waals surface area contributed by atoms with E-state index < -0.39 is 0 Å². The third kappa shape index (κ3) is 1.65. The molecular formula is C8H7IN2. The van der Waals surface area contributed by atoms with Gasteiger partial charge in [-0.1, -0.05) is 18.2 Å². The SMILES string of the molecule is I.c1ccc2nnccc2c1. The highest BCUT2D eigenvalue weighted by atomic mass is 127. The maximum Gasteiger partial charge on any atom is 0.0929 e. The van der Waals surface area contributed by atoms with Gasteiger partial charge in [0.15, 0.2) is 0 Å². The van der Waals surface area contributed by atoms with E-state index in [1.165, 1.54) is 0 Å². The molecule has 2 rings (SSSR count). The molecular weight excluding hydrogens is 251 g/mol. The maximum absolute atomic E-state index is 3.93. The van der Waals surface area contributed by atoms with Crippen molar-refractivity contribution < 1.29 is 0 Å². The third-order valence-electron chi connectivity index (χ3n) is 1.42. The molecule has 0 unspecified atom stereocenters. The van der Waals surface area contributed by atoms with Crippen molar-refractivity contribution in [3.05, 3.63) is 36.5 Å². The Kier molecular flexibility index (Phi) is 2.76. The van der Waals surface area contributed by atoms with Gasteiger partial charge in [0.2, 0.25) is 0 Å². The minimum absolute atomic E-state index is 0. The average Bonchev–Trinajstić information content (AvgIpc) is 2.05. The minimum atomic E-state index is 0. The normalized spacial score (nSPS) is 9.09. The van der Waals surface area contributed by atoms with Crippen molar-refractivity contribution in [2.24, 2.45) is 0 Å². The lowest BCUT2D eigenvalue weighted by Gasteiger charge is -1.90. The first-order chi connectivity index (χ1) is 4.97. The lowest BCUT2D eigenvalue weighted by Crippen LogP contribution is -1.79. The molecule has 0 aliphatic rings. The van der Waals surface area contributed by atoms with E-state index in [0.717, 1.165) is 10.9 Å². The van der Waals surface area contributed by atoms with Gasteiger partial charge in [0.05, 0.1) is 11.7 Å². The van der Waals surface area contributed by atoms with Gasteiger partial charge in [-0.15, -0.1) is 24.0 Å². The minimum Gasteiger partial charge on any atom is -0.159 e. The Balaban J connectivity index is 0.000000605. The smallest absolute Gasteiger partial charge is 0.0929 e. The van der Waals surface area contributed by atoms with Crippen LogP contribution in [0.15, 0.2) is 36.5 Å². The quantitative estimate of drug-likeness (QED) is 0.677. The molecule has 3 heteroatoms. The molecule has 2 nitrogen and oxygen atoms in total. The van der Waals surface area contributed by atoms with Crippen LogP contribution in [0.1, 0.15) is 0 Å². The van der Waals surface area contributed by atoms with Crippen LogP contribution in [-0.2, 0) is 0 Å². The van der Waals surface area contributed by atoms with Crippen LogP contribution in [0, 0.1) is 0 Å². The average molecular weight is 258 g/mol. The molecule has 0 aliphatic carbocycles. The second-order valence-corrected chi connectivity index (χ2v) is 2.09. The summed E-state index contributed by atoms with van der Waals surface area (Å²) in [7, 11) is 0. The van der Waals surface area contributed by atoms with Crippen molar-refractivity contribution >= 4 is 34.9 Å². The van der Waals surface area contributed by atoms with E-state index in [2.05, 4.69) is 10.2 Å². The summed E-state index contributed by atoms with van der Waals surface area (Å²) >= 11 is 0. The van der Waals surface area contributed by atoms with Crippen molar-refractivity contribution in [3.8, 4) is 0 Å². The van der Waals surface area contributed by atoms with Gasteiger partial charge in [-0.25, -0.2) is 0 Å². The summed E-state index contributed by atoms with van der Waals surface area (Å²) in [6.45, 7) is 0. The molecule has 0 saturated carbocycles. The topological polar surface area (TPSA) is 25.8 Å². The molecule has 0 aliphatic heterocycles. The molecule has 0 N–H and O–H groups in total. The molecule has 0 bridgehead atoms. The highest BCUT2D eigenvalue weighted by Gasteiger charge is 1.87. The van der Waals surface area contributed by atoms with Crippen molar-refractivity contribution in [1.29, 1.82) is 0 Å². The van der Waals surface area contributed by atoms with Crippen molar-refractivity contribution in [2.45, 2.75) is 0 Å². The molecule has 56 valence electrons. The molecule has 11 heavy (non-hydrogen) atoms. The fourth-order valence-corrected chi connectivity index (χ4v) is 0.929. The van der Waals surface area contributed by atoms with Crippen LogP contribution in [0.25, 0.3) is 10.9 Å². The van der Waals surface area contributed by atoms with E-state index in [1.54, 1.807) is 6.20 Å². The first-order valence-electron chi connectivity index (χ1n) is 3.13. The molecule has 0 radical (unpaired) electrons. The van der Waals surface area contributed by atoms with Gasteiger partial charge in [-0.3, -0.25) is 0 Å². The molecule has 1 aromatic carbocycles. The zero-order valence-electron chi connectivity index (χ0n) is 5.77. The van der Waals surface area contributed by atoms with Gasteiger partial charge in [0.1, 0.15) is 0 Å². The molecule has 0 atom stereocenters. The Morgan fingerprint density at radius 2 is 1.82 bits per heavy atom. The molecule has 0 fully saturated rings. The number of halogens is 1. The maximum atomic E-state index is 3.93. The van der Waals surface area contributed by atoms with E-state index in [1.807, 2.05) is 30.3 Å². The summed E-state index contributed by atoms with van der Waals surface area (Å²) in [6, 6.07) is 9.86. The largest absolute Gasteiger partial charge is 0.159 e. The third-order valence-corrected chi connectivity index (χ3v) is 1.42. The zero-order chi connectivity index (χ0) is 6.81. The predicted molar refractivity (Wildman–Crippen MR) is 55.0 cm³/mol. The number of fused-ring (bicyclic) bond motifs is 1. The van der Waals surface area contributed by atoms with Crippen molar-refractivity contribution in [2.75, 3.05) is 0 Å². The van der Waals surface area contributed by atoms with Crippen LogP contribution in [0.5, 0.6) is 0 Å². The number of hydrogen-bond donors (Lipinski definition) is 0. The summed E-state index contributed by atoms with van der Waals surface area (Å²) in [5, 5.41) is 8.83. The van der Waals surface area contributed by atoms with Gasteiger partial charge in [0, 0.05) is 5.39 Å². The van der Waals surface area contributed by atoms with Crippen LogP contribution in [-0.4, -0.2) is 10.2 Å². The van der Waals surface area contributed by atoms with Gasteiger partial charge in [-0.2, -0.15) is 10.2 Å². The fraction of sp³-hybridized carbons (Fsp3) is 0.